The monoisotopic (exact) mass is 440 g/mol. The molecule has 31 heavy (non-hydrogen) atoms. The maximum atomic E-state index is 11.8. The minimum absolute atomic E-state index is 0.0704. The zero-order chi connectivity index (χ0) is 21.7. The molecule has 0 spiro atoms. The number of nitrogens with one attached hydrogen (secondary N) is 1. The summed E-state index contributed by atoms with van der Waals surface area (Å²) in [7, 11) is 0. The van der Waals surface area contributed by atoms with Gasteiger partial charge in [0.25, 0.3) is 0 Å². The number of aromatic nitrogens is 2. The molecule has 1 saturated heterocycles. The Hall–Kier alpha value is -2.87. The van der Waals surface area contributed by atoms with Crippen molar-refractivity contribution in [2.75, 3.05) is 26.3 Å². The smallest absolute Gasteiger partial charge is 0.220 e. The lowest BCUT2D eigenvalue weighted by Gasteiger charge is -2.42. The number of hydrogen-bond acceptors (Lipinski definition) is 5. The number of amides is 1. The number of morpholine rings is 1. The largest absolute Gasteiger partial charge is 0.490 e. The van der Waals surface area contributed by atoms with Crippen LogP contribution in [0.5, 0.6) is 5.75 Å². The molecule has 3 N–H and O–H groups in total. The van der Waals surface area contributed by atoms with E-state index in [9.17, 15) is 4.79 Å². The van der Waals surface area contributed by atoms with Crippen LogP contribution in [0.3, 0.4) is 0 Å². The van der Waals surface area contributed by atoms with Gasteiger partial charge in [-0.15, -0.1) is 0 Å². The van der Waals surface area contributed by atoms with E-state index in [1.54, 1.807) is 12.1 Å². The summed E-state index contributed by atoms with van der Waals surface area (Å²) in [4.78, 5) is 14.1. The second kappa shape index (κ2) is 9.51. The third-order valence-electron chi connectivity index (χ3n) is 5.30. The van der Waals surface area contributed by atoms with E-state index in [1.165, 1.54) is 0 Å². The molecule has 0 radical (unpaired) electrons. The van der Waals surface area contributed by atoms with Gasteiger partial charge in [0.05, 0.1) is 24.9 Å². The number of carbonyl (C=O) groups excluding carboxylic acids is 1. The molecular weight excluding hydrogens is 416 g/mol. The van der Waals surface area contributed by atoms with Crippen LogP contribution in [0.2, 0.25) is 5.02 Å². The second-order valence-electron chi connectivity index (χ2n) is 7.77. The van der Waals surface area contributed by atoms with Gasteiger partial charge in [0, 0.05) is 30.2 Å². The molecule has 1 fully saturated rings. The Balaban J connectivity index is 1.49. The Bertz CT molecular complexity index is 1030. The normalized spacial score (nSPS) is 19.3. The van der Waals surface area contributed by atoms with Crippen LogP contribution in [0, 0.1) is 0 Å². The maximum absolute atomic E-state index is 11.8. The van der Waals surface area contributed by atoms with Crippen LogP contribution in [0.4, 0.5) is 0 Å². The molecule has 2 aromatic carbocycles. The number of nitrogens with zero attached hydrogens (tertiary/aromatic N) is 2. The number of carbonyl (C=O) groups is 1. The summed E-state index contributed by atoms with van der Waals surface area (Å²) in [5.41, 5.74) is 7.87. The molecule has 0 unspecified atom stereocenters. The predicted molar refractivity (Wildman–Crippen MR) is 119 cm³/mol. The summed E-state index contributed by atoms with van der Waals surface area (Å²) in [6.07, 6.45) is 1.91. The Morgan fingerprint density at radius 1 is 1.26 bits per heavy atom. The summed E-state index contributed by atoms with van der Waals surface area (Å²) >= 11 is 6.05. The summed E-state index contributed by atoms with van der Waals surface area (Å²) in [6.45, 7) is 2.59. The quantitative estimate of drug-likeness (QED) is 0.560. The zero-order valence-electron chi connectivity index (χ0n) is 17.1. The number of halogens is 1. The number of ether oxygens (including phenoxy) is 2. The van der Waals surface area contributed by atoms with Gasteiger partial charge in [-0.05, 0) is 23.8 Å². The fourth-order valence-electron chi connectivity index (χ4n) is 3.92. The standard InChI is InChI=1S/C23H25ClN4O3/c24-19-7-4-8-20(11-19)30-16-23(12-21(25)29)15-28(9-10-31-23)14-18-13-26-27-22(18)17-5-2-1-3-6-17/h1-8,11,13H,9-10,12,14-16H2,(H2,25,29)(H,26,27)/t23-/m0/s1. The van der Waals surface area contributed by atoms with E-state index in [0.717, 1.165) is 23.4 Å². The second-order valence-corrected chi connectivity index (χ2v) is 8.20. The van der Waals surface area contributed by atoms with Crippen molar-refractivity contribution in [2.45, 2.75) is 18.6 Å². The van der Waals surface area contributed by atoms with Crippen LogP contribution in [0.1, 0.15) is 12.0 Å². The van der Waals surface area contributed by atoms with Crippen molar-refractivity contribution in [2.24, 2.45) is 5.73 Å². The average Bonchev–Trinajstić information content (AvgIpc) is 3.21. The number of H-pyrrole nitrogens is 1. The molecule has 1 atom stereocenters. The summed E-state index contributed by atoms with van der Waals surface area (Å²) in [6, 6.07) is 17.2. The number of benzene rings is 2. The Morgan fingerprint density at radius 3 is 2.87 bits per heavy atom. The number of rotatable bonds is 8. The highest BCUT2D eigenvalue weighted by molar-refractivity contribution is 6.30. The zero-order valence-corrected chi connectivity index (χ0v) is 17.8. The summed E-state index contributed by atoms with van der Waals surface area (Å²) < 4.78 is 12.0. The van der Waals surface area contributed by atoms with Gasteiger partial charge in [-0.25, -0.2) is 0 Å². The SMILES string of the molecule is NC(=O)C[C@@]1(COc2cccc(Cl)c2)CN(Cc2cn[nH]c2-c2ccccc2)CCO1. The van der Waals surface area contributed by atoms with E-state index in [0.29, 0.717) is 30.5 Å². The third kappa shape index (κ3) is 5.44. The molecule has 7 nitrogen and oxygen atoms in total. The lowest BCUT2D eigenvalue weighted by molar-refractivity contribution is -0.148. The molecule has 0 bridgehead atoms. The Kier molecular flexibility index (Phi) is 6.56. The van der Waals surface area contributed by atoms with Crippen molar-refractivity contribution in [3.8, 4) is 17.0 Å². The fourth-order valence-corrected chi connectivity index (χ4v) is 4.10. The van der Waals surface area contributed by atoms with Crippen LogP contribution >= 0.6 is 11.6 Å². The van der Waals surface area contributed by atoms with Gasteiger partial charge in [-0.2, -0.15) is 5.10 Å². The summed E-state index contributed by atoms with van der Waals surface area (Å²) in [5.74, 6) is 0.197. The van der Waals surface area contributed by atoms with Crippen LogP contribution in [-0.2, 0) is 16.1 Å². The number of hydrogen-bond donors (Lipinski definition) is 2. The van der Waals surface area contributed by atoms with Gasteiger partial charge in [0.1, 0.15) is 18.0 Å². The van der Waals surface area contributed by atoms with Gasteiger partial charge in [-0.1, -0.05) is 48.0 Å². The van der Waals surface area contributed by atoms with Gasteiger partial charge < -0.3 is 15.2 Å². The highest BCUT2D eigenvalue weighted by Gasteiger charge is 2.39. The molecule has 8 heteroatoms. The van der Waals surface area contributed by atoms with E-state index in [2.05, 4.69) is 15.1 Å². The molecule has 1 aromatic heterocycles. The number of nitrogens with two attached hydrogens (primary N) is 1. The van der Waals surface area contributed by atoms with Crippen LogP contribution < -0.4 is 10.5 Å². The van der Waals surface area contributed by atoms with Crippen LogP contribution in [0.25, 0.3) is 11.3 Å². The van der Waals surface area contributed by atoms with E-state index >= 15 is 0 Å². The van der Waals surface area contributed by atoms with Crippen LogP contribution in [0.15, 0.2) is 60.8 Å². The molecule has 3 aromatic rings. The Morgan fingerprint density at radius 2 is 2.10 bits per heavy atom. The molecular formula is C23H25ClN4O3. The van der Waals surface area contributed by atoms with E-state index in [1.807, 2.05) is 48.7 Å². The minimum atomic E-state index is -0.830. The van der Waals surface area contributed by atoms with Crippen molar-refractivity contribution in [3.05, 3.63) is 71.4 Å². The average molecular weight is 441 g/mol. The number of primary amides is 1. The van der Waals surface area contributed by atoms with Gasteiger partial charge in [0.15, 0.2) is 0 Å². The first-order chi connectivity index (χ1) is 15.0. The highest BCUT2D eigenvalue weighted by Crippen LogP contribution is 2.28. The van der Waals surface area contributed by atoms with Gasteiger partial charge in [0.2, 0.25) is 5.91 Å². The fraction of sp³-hybridized carbons (Fsp3) is 0.304. The first-order valence-corrected chi connectivity index (χ1v) is 10.5. The van der Waals surface area contributed by atoms with Crippen molar-refractivity contribution >= 4 is 17.5 Å². The van der Waals surface area contributed by atoms with Crippen molar-refractivity contribution in [3.63, 3.8) is 0 Å². The lowest BCUT2D eigenvalue weighted by Crippen LogP contribution is -2.56. The first kappa shape index (κ1) is 21.4. The maximum Gasteiger partial charge on any atom is 0.220 e. The lowest BCUT2D eigenvalue weighted by atomic mass is 9.97. The molecule has 1 amide bonds. The Labute approximate surface area is 186 Å². The predicted octanol–water partition coefficient (Wildman–Crippen LogP) is 3.26. The molecule has 1 aliphatic rings. The number of aromatic amines is 1. The molecule has 0 saturated carbocycles. The molecule has 162 valence electrons. The minimum Gasteiger partial charge on any atom is -0.490 e. The molecule has 1 aliphatic heterocycles. The van der Waals surface area contributed by atoms with Crippen molar-refractivity contribution < 1.29 is 14.3 Å². The van der Waals surface area contributed by atoms with Crippen molar-refractivity contribution in [1.29, 1.82) is 0 Å². The summed E-state index contributed by atoms with van der Waals surface area (Å²) in [5, 5.41) is 7.92. The first-order valence-electron chi connectivity index (χ1n) is 10.1. The topological polar surface area (TPSA) is 93.5 Å². The van der Waals surface area contributed by atoms with E-state index in [-0.39, 0.29) is 13.0 Å². The molecule has 0 aliphatic carbocycles. The van der Waals surface area contributed by atoms with E-state index < -0.39 is 11.5 Å². The molecule has 2 heterocycles. The molecule has 4 rings (SSSR count). The van der Waals surface area contributed by atoms with E-state index in [4.69, 9.17) is 26.8 Å². The third-order valence-corrected chi connectivity index (χ3v) is 5.53. The van der Waals surface area contributed by atoms with Crippen molar-refractivity contribution in [1.82, 2.24) is 15.1 Å². The van der Waals surface area contributed by atoms with Gasteiger partial charge >= 0.3 is 0 Å². The van der Waals surface area contributed by atoms with Crippen LogP contribution in [-0.4, -0.2) is 52.9 Å². The van der Waals surface area contributed by atoms with Gasteiger partial charge in [-0.3, -0.25) is 14.8 Å². The highest BCUT2D eigenvalue weighted by atomic mass is 35.5.